The van der Waals surface area contributed by atoms with E-state index in [1.165, 1.54) is 0 Å². The van der Waals surface area contributed by atoms with Gasteiger partial charge in [-0.15, -0.1) is 0 Å². The molecule has 4 nitrogen and oxygen atoms in total. The number of H-pyrrole nitrogens is 1. The Labute approximate surface area is 118 Å². The first-order valence-electron chi connectivity index (χ1n) is 5.73. The molecule has 3 rings (SSSR count). The molecule has 0 saturated heterocycles. The van der Waals surface area contributed by atoms with Crippen molar-refractivity contribution in [3.63, 3.8) is 0 Å². The van der Waals surface area contributed by atoms with Crippen LogP contribution in [0.5, 0.6) is 0 Å². The number of hydrogen-bond donors (Lipinski definition) is 2. The highest BCUT2D eigenvalue weighted by Crippen LogP contribution is 2.21. The minimum absolute atomic E-state index is 0.191. The molecule has 0 aliphatic heterocycles. The molecule has 0 spiro atoms. The molecule has 2 N–H and O–H groups in total. The Morgan fingerprint density at radius 2 is 2.11 bits per heavy atom. The van der Waals surface area contributed by atoms with Crippen LogP contribution >= 0.6 is 15.9 Å². The van der Waals surface area contributed by atoms with Crippen LogP contribution in [-0.4, -0.2) is 15.9 Å². The smallest absolute Gasteiger partial charge is 0.272 e. The minimum Gasteiger partial charge on any atom is -0.356 e. The van der Waals surface area contributed by atoms with Gasteiger partial charge in [0.15, 0.2) is 0 Å². The zero-order valence-corrected chi connectivity index (χ0v) is 11.4. The number of halogens is 1. The molecular weight excluding hydrogens is 306 g/mol. The molecule has 0 aliphatic carbocycles. The van der Waals surface area contributed by atoms with Crippen molar-refractivity contribution in [2.45, 2.75) is 0 Å². The van der Waals surface area contributed by atoms with Crippen molar-refractivity contribution in [3.05, 3.63) is 59.0 Å². The summed E-state index contributed by atoms with van der Waals surface area (Å²) in [6, 6.07) is 11.3. The number of nitrogens with one attached hydrogen (secondary N) is 2. The summed E-state index contributed by atoms with van der Waals surface area (Å²) in [6.45, 7) is 0. The number of aromatic nitrogens is 2. The number of carbonyl (C=O) groups is 1. The number of anilines is 1. The Bertz CT molecular complexity index is 746. The second kappa shape index (κ2) is 4.85. The molecule has 0 saturated carbocycles. The molecule has 19 heavy (non-hydrogen) atoms. The fourth-order valence-electron chi connectivity index (χ4n) is 1.89. The molecule has 1 amide bonds. The molecule has 5 heteroatoms. The van der Waals surface area contributed by atoms with Gasteiger partial charge in [-0.1, -0.05) is 18.2 Å². The Morgan fingerprint density at radius 3 is 2.89 bits per heavy atom. The zero-order valence-electron chi connectivity index (χ0n) is 9.85. The average Bonchev–Trinajstić information content (AvgIpc) is 2.86. The van der Waals surface area contributed by atoms with Crippen LogP contribution in [0.1, 0.15) is 10.5 Å². The number of benzene rings is 1. The van der Waals surface area contributed by atoms with Gasteiger partial charge in [-0.25, -0.2) is 0 Å². The topological polar surface area (TPSA) is 57.8 Å². The SMILES string of the molecule is O=C(Nc1cccc2cccnc12)c1cc(Br)c[nH]1. The van der Waals surface area contributed by atoms with Crippen LogP contribution in [0.3, 0.4) is 0 Å². The van der Waals surface area contributed by atoms with Gasteiger partial charge in [0.1, 0.15) is 5.69 Å². The van der Waals surface area contributed by atoms with Crippen molar-refractivity contribution in [2.75, 3.05) is 5.32 Å². The van der Waals surface area contributed by atoms with Gasteiger partial charge in [-0.05, 0) is 34.1 Å². The minimum atomic E-state index is -0.191. The molecule has 0 atom stereocenters. The standard InChI is InChI=1S/C14H10BrN3O/c15-10-7-12(17-8-10)14(19)18-11-5-1-3-9-4-2-6-16-13(9)11/h1-8,17H,(H,18,19). The van der Waals surface area contributed by atoms with Crippen LogP contribution in [0, 0.1) is 0 Å². The monoisotopic (exact) mass is 315 g/mol. The Balaban J connectivity index is 1.95. The number of hydrogen-bond acceptors (Lipinski definition) is 2. The third kappa shape index (κ3) is 2.37. The van der Waals surface area contributed by atoms with E-state index in [-0.39, 0.29) is 5.91 Å². The van der Waals surface area contributed by atoms with E-state index in [0.29, 0.717) is 11.4 Å². The summed E-state index contributed by atoms with van der Waals surface area (Å²) in [4.78, 5) is 19.3. The van der Waals surface area contributed by atoms with Gasteiger partial charge in [0.25, 0.3) is 5.91 Å². The lowest BCUT2D eigenvalue weighted by atomic mass is 10.2. The van der Waals surface area contributed by atoms with Crippen molar-refractivity contribution in [3.8, 4) is 0 Å². The van der Waals surface area contributed by atoms with Gasteiger partial charge in [0.05, 0.1) is 11.2 Å². The van der Waals surface area contributed by atoms with E-state index < -0.39 is 0 Å². The molecule has 94 valence electrons. The van der Waals surface area contributed by atoms with Crippen molar-refractivity contribution in [1.82, 2.24) is 9.97 Å². The summed E-state index contributed by atoms with van der Waals surface area (Å²) < 4.78 is 0.841. The lowest BCUT2D eigenvalue weighted by molar-refractivity contribution is 0.102. The number of pyridine rings is 1. The summed E-state index contributed by atoms with van der Waals surface area (Å²) in [7, 11) is 0. The first kappa shape index (κ1) is 11.9. The number of rotatable bonds is 2. The highest BCUT2D eigenvalue weighted by atomic mass is 79.9. The van der Waals surface area contributed by atoms with Gasteiger partial charge in [-0.3, -0.25) is 9.78 Å². The van der Waals surface area contributed by atoms with Gasteiger partial charge >= 0.3 is 0 Å². The van der Waals surface area contributed by atoms with E-state index in [4.69, 9.17) is 0 Å². The fourth-order valence-corrected chi connectivity index (χ4v) is 2.24. The van der Waals surface area contributed by atoms with Gasteiger partial charge < -0.3 is 10.3 Å². The molecule has 0 aliphatic rings. The molecule has 0 unspecified atom stereocenters. The molecule has 3 aromatic rings. The van der Waals surface area contributed by atoms with Gasteiger partial charge in [-0.2, -0.15) is 0 Å². The lowest BCUT2D eigenvalue weighted by Gasteiger charge is -2.06. The van der Waals surface area contributed by atoms with Crippen molar-refractivity contribution in [1.29, 1.82) is 0 Å². The summed E-state index contributed by atoms with van der Waals surface area (Å²) in [5.74, 6) is -0.191. The largest absolute Gasteiger partial charge is 0.356 e. The first-order valence-corrected chi connectivity index (χ1v) is 6.52. The molecule has 0 radical (unpaired) electrons. The number of carbonyl (C=O) groups excluding carboxylic acids is 1. The summed E-state index contributed by atoms with van der Waals surface area (Å²) >= 11 is 3.30. The van der Waals surface area contributed by atoms with Crippen molar-refractivity contribution in [2.24, 2.45) is 0 Å². The van der Waals surface area contributed by atoms with E-state index in [1.807, 2.05) is 30.3 Å². The van der Waals surface area contributed by atoms with Crippen LogP contribution in [0.15, 0.2) is 53.3 Å². The predicted octanol–water partition coefficient (Wildman–Crippen LogP) is 3.58. The number of fused-ring (bicyclic) bond motifs is 1. The van der Waals surface area contributed by atoms with E-state index in [1.54, 1.807) is 18.5 Å². The van der Waals surface area contributed by atoms with E-state index >= 15 is 0 Å². The highest BCUT2D eigenvalue weighted by molar-refractivity contribution is 9.10. The molecule has 1 aromatic carbocycles. The maximum Gasteiger partial charge on any atom is 0.272 e. The van der Waals surface area contributed by atoms with Crippen LogP contribution < -0.4 is 5.32 Å². The van der Waals surface area contributed by atoms with Gasteiger partial charge in [0.2, 0.25) is 0 Å². The number of para-hydroxylation sites is 1. The maximum absolute atomic E-state index is 12.1. The maximum atomic E-state index is 12.1. The average molecular weight is 316 g/mol. The lowest BCUT2D eigenvalue weighted by Crippen LogP contribution is -2.12. The molecular formula is C14H10BrN3O. The summed E-state index contributed by atoms with van der Waals surface area (Å²) in [5, 5.41) is 3.85. The highest BCUT2D eigenvalue weighted by Gasteiger charge is 2.10. The third-order valence-corrected chi connectivity index (χ3v) is 3.23. The van der Waals surface area contributed by atoms with E-state index in [9.17, 15) is 4.79 Å². The summed E-state index contributed by atoms with van der Waals surface area (Å²) in [5.41, 5.74) is 1.98. The zero-order chi connectivity index (χ0) is 13.2. The van der Waals surface area contributed by atoms with Crippen LogP contribution in [-0.2, 0) is 0 Å². The predicted molar refractivity (Wildman–Crippen MR) is 78.2 cm³/mol. The molecule has 0 fully saturated rings. The van der Waals surface area contributed by atoms with Crippen LogP contribution in [0.25, 0.3) is 10.9 Å². The fraction of sp³-hybridized carbons (Fsp3) is 0. The van der Waals surface area contributed by atoms with Crippen molar-refractivity contribution >= 4 is 38.4 Å². The molecule has 0 bridgehead atoms. The second-order valence-electron chi connectivity index (χ2n) is 4.07. The molecule has 2 aromatic heterocycles. The van der Waals surface area contributed by atoms with Crippen LogP contribution in [0.2, 0.25) is 0 Å². The second-order valence-corrected chi connectivity index (χ2v) is 4.98. The Morgan fingerprint density at radius 1 is 1.26 bits per heavy atom. The van der Waals surface area contributed by atoms with Crippen molar-refractivity contribution < 1.29 is 4.79 Å². The molecule has 2 heterocycles. The Kier molecular flexibility index (Phi) is 3.05. The number of nitrogens with zero attached hydrogens (tertiary/aromatic N) is 1. The third-order valence-electron chi connectivity index (χ3n) is 2.77. The Hall–Kier alpha value is -2.14. The number of amides is 1. The van der Waals surface area contributed by atoms with E-state index in [0.717, 1.165) is 15.4 Å². The number of aromatic amines is 1. The first-order chi connectivity index (χ1) is 9.24. The van der Waals surface area contributed by atoms with Gasteiger partial charge in [0, 0.05) is 22.3 Å². The van der Waals surface area contributed by atoms with E-state index in [2.05, 4.69) is 31.2 Å². The van der Waals surface area contributed by atoms with Crippen LogP contribution in [0.4, 0.5) is 5.69 Å². The summed E-state index contributed by atoms with van der Waals surface area (Å²) in [6.07, 6.45) is 3.43. The normalized spacial score (nSPS) is 10.6. The quantitative estimate of drug-likeness (QED) is 0.759.